The number of amides is 1. The highest BCUT2D eigenvalue weighted by Gasteiger charge is 2.20. The number of rotatable bonds is 5. The van der Waals surface area contributed by atoms with Gasteiger partial charge in [0.15, 0.2) is 11.6 Å². The molecule has 3 aromatic rings. The number of carbonyl (C=O) groups excluding carboxylic acids is 1. The van der Waals surface area contributed by atoms with Crippen molar-refractivity contribution in [3.8, 4) is 11.9 Å². The van der Waals surface area contributed by atoms with Crippen LogP contribution in [-0.2, 0) is 4.79 Å². The van der Waals surface area contributed by atoms with Crippen LogP contribution in [-0.4, -0.2) is 20.7 Å². The Hall–Kier alpha value is -3.20. The Balaban J connectivity index is 2.08. The Morgan fingerprint density at radius 3 is 2.73 bits per heavy atom. The van der Waals surface area contributed by atoms with E-state index in [1.54, 1.807) is 0 Å². The van der Waals surface area contributed by atoms with Crippen molar-refractivity contribution in [1.29, 1.82) is 5.26 Å². The van der Waals surface area contributed by atoms with Gasteiger partial charge in [-0.3, -0.25) is 4.79 Å². The molecule has 3 rings (SSSR count). The number of hydrogen-bond donors (Lipinski definition) is 1. The molecule has 0 unspecified atom stereocenters. The Labute approximate surface area is 152 Å². The second-order valence-corrected chi connectivity index (χ2v) is 6.25. The number of hydrogen-bond acceptors (Lipinski definition) is 4. The van der Waals surface area contributed by atoms with Crippen LogP contribution in [0.25, 0.3) is 16.7 Å². The molecule has 1 aromatic carbocycles. The van der Waals surface area contributed by atoms with Gasteiger partial charge in [0.2, 0.25) is 5.91 Å². The van der Waals surface area contributed by atoms with Gasteiger partial charge in [-0.2, -0.15) is 15.0 Å². The standard InChI is InChI=1S/C20H21N5O/c1-4-14(5-2)20(26)24-19-15(11-21)12-22-25(19)18-10-13(3)16-8-6-7-9-17(16)23-18/h6-10,12,14H,4-5H2,1-3H3,(H,24,26). The number of carbonyl (C=O) groups is 1. The van der Waals surface area contributed by atoms with E-state index in [1.807, 2.05) is 51.1 Å². The van der Waals surface area contributed by atoms with Gasteiger partial charge in [0.1, 0.15) is 11.6 Å². The van der Waals surface area contributed by atoms with Crippen molar-refractivity contribution in [2.24, 2.45) is 5.92 Å². The normalized spacial score (nSPS) is 10.9. The summed E-state index contributed by atoms with van der Waals surface area (Å²) in [4.78, 5) is 17.2. The predicted octanol–water partition coefficient (Wildman–Crippen LogP) is 3.98. The van der Waals surface area contributed by atoms with Crippen molar-refractivity contribution in [2.45, 2.75) is 33.6 Å². The minimum Gasteiger partial charge on any atom is -0.309 e. The summed E-state index contributed by atoms with van der Waals surface area (Å²) in [5.41, 5.74) is 2.21. The zero-order chi connectivity index (χ0) is 18.7. The first-order chi connectivity index (χ1) is 12.6. The molecule has 2 aromatic heterocycles. The van der Waals surface area contributed by atoms with Gasteiger partial charge >= 0.3 is 0 Å². The molecule has 0 spiro atoms. The van der Waals surface area contributed by atoms with Crippen LogP contribution in [0.15, 0.2) is 36.5 Å². The minimum absolute atomic E-state index is 0.101. The smallest absolute Gasteiger partial charge is 0.228 e. The number of aryl methyl sites for hydroxylation is 1. The van der Waals surface area contributed by atoms with Crippen molar-refractivity contribution in [1.82, 2.24) is 14.8 Å². The summed E-state index contributed by atoms with van der Waals surface area (Å²) in [5.74, 6) is 0.732. The second-order valence-electron chi connectivity index (χ2n) is 6.25. The zero-order valence-electron chi connectivity index (χ0n) is 15.2. The Morgan fingerprint density at radius 2 is 2.04 bits per heavy atom. The SMILES string of the molecule is CCC(CC)C(=O)Nc1c(C#N)cnn1-c1cc(C)c2ccccc2n1. The lowest BCUT2D eigenvalue weighted by Gasteiger charge is -2.14. The molecule has 0 atom stereocenters. The third-order valence-corrected chi connectivity index (χ3v) is 4.61. The van der Waals surface area contributed by atoms with Crippen LogP contribution in [0.4, 0.5) is 5.82 Å². The van der Waals surface area contributed by atoms with Gasteiger partial charge < -0.3 is 5.32 Å². The van der Waals surface area contributed by atoms with E-state index in [-0.39, 0.29) is 11.8 Å². The maximum atomic E-state index is 12.5. The molecule has 6 nitrogen and oxygen atoms in total. The third-order valence-electron chi connectivity index (χ3n) is 4.61. The molecule has 0 aliphatic rings. The molecule has 2 heterocycles. The molecule has 0 aliphatic heterocycles. The highest BCUT2D eigenvalue weighted by molar-refractivity contribution is 5.93. The van der Waals surface area contributed by atoms with Crippen molar-refractivity contribution in [3.05, 3.63) is 47.7 Å². The largest absolute Gasteiger partial charge is 0.309 e. The van der Waals surface area contributed by atoms with E-state index in [1.165, 1.54) is 10.9 Å². The number of nitriles is 1. The number of pyridine rings is 1. The zero-order valence-corrected chi connectivity index (χ0v) is 15.2. The number of anilines is 1. The third kappa shape index (κ3) is 3.16. The number of nitrogens with one attached hydrogen (secondary N) is 1. The molecule has 26 heavy (non-hydrogen) atoms. The van der Waals surface area contributed by atoms with Crippen molar-refractivity contribution >= 4 is 22.6 Å². The summed E-state index contributed by atoms with van der Waals surface area (Å²) in [5, 5.41) is 17.6. The summed E-state index contributed by atoms with van der Waals surface area (Å²) in [6.45, 7) is 5.96. The highest BCUT2D eigenvalue weighted by atomic mass is 16.2. The van der Waals surface area contributed by atoms with Crippen molar-refractivity contribution in [2.75, 3.05) is 5.32 Å². The van der Waals surface area contributed by atoms with Crippen LogP contribution in [0.3, 0.4) is 0 Å². The van der Waals surface area contributed by atoms with E-state index in [0.717, 1.165) is 29.3 Å². The summed E-state index contributed by atoms with van der Waals surface area (Å²) in [6.07, 6.45) is 2.94. The second kappa shape index (κ2) is 7.36. The number of aromatic nitrogens is 3. The summed E-state index contributed by atoms with van der Waals surface area (Å²) >= 11 is 0. The van der Waals surface area contributed by atoms with Gasteiger partial charge in [0.25, 0.3) is 0 Å². The van der Waals surface area contributed by atoms with E-state index < -0.39 is 0 Å². The minimum atomic E-state index is -0.106. The molecule has 0 aliphatic carbocycles. The van der Waals surface area contributed by atoms with Gasteiger partial charge in [-0.25, -0.2) is 4.98 Å². The molecular formula is C20H21N5O. The van der Waals surface area contributed by atoms with Gasteiger partial charge in [-0.05, 0) is 37.5 Å². The van der Waals surface area contributed by atoms with Gasteiger partial charge in [-0.15, -0.1) is 0 Å². The van der Waals surface area contributed by atoms with E-state index in [9.17, 15) is 10.1 Å². The number of benzene rings is 1. The van der Waals surface area contributed by atoms with Crippen molar-refractivity contribution in [3.63, 3.8) is 0 Å². The number of nitrogens with zero attached hydrogens (tertiary/aromatic N) is 4. The molecule has 0 saturated carbocycles. The average Bonchev–Trinajstić information content (AvgIpc) is 3.05. The summed E-state index contributed by atoms with van der Waals surface area (Å²) in [7, 11) is 0. The lowest BCUT2D eigenvalue weighted by atomic mass is 10.0. The average molecular weight is 347 g/mol. The highest BCUT2D eigenvalue weighted by Crippen LogP contribution is 2.24. The molecule has 132 valence electrons. The molecule has 6 heteroatoms. The fraction of sp³-hybridized carbons (Fsp3) is 0.300. The fourth-order valence-electron chi connectivity index (χ4n) is 3.04. The maximum Gasteiger partial charge on any atom is 0.228 e. The van der Waals surface area contributed by atoms with Crippen LogP contribution in [0, 0.1) is 24.2 Å². The monoisotopic (exact) mass is 347 g/mol. The number of fused-ring (bicyclic) bond motifs is 1. The molecule has 0 fully saturated rings. The van der Waals surface area contributed by atoms with Gasteiger partial charge in [-0.1, -0.05) is 32.0 Å². The van der Waals surface area contributed by atoms with Crippen LogP contribution >= 0.6 is 0 Å². The Morgan fingerprint density at radius 1 is 1.31 bits per heavy atom. The summed E-state index contributed by atoms with van der Waals surface area (Å²) < 4.78 is 1.53. The van der Waals surface area contributed by atoms with Crippen LogP contribution in [0.2, 0.25) is 0 Å². The molecule has 1 amide bonds. The van der Waals surface area contributed by atoms with E-state index in [0.29, 0.717) is 17.2 Å². The van der Waals surface area contributed by atoms with Crippen molar-refractivity contribution < 1.29 is 4.79 Å². The van der Waals surface area contributed by atoms with E-state index in [4.69, 9.17) is 0 Å². The first-order valence-electron chi connectivity index (χ1n) is 8.74. The number of para-hydroxylation sites is 1. The fourth-order valence-corrected chi connectivity index (χ4v) is 3.04. The first-order valence-corrected chi connectivity index (χ1v) is 8.74. The maximum absolute atomic E-state index is 12.5. The topological polar surface area (TPSA) is 83.6 Å². The van der Waals surface area contributed by atoms with Crippen LogP contribution < -0.4 is 5.32 Å². The molecule has 0 saturated heterocycles. The van der Waals surface area contributed by atoms with E-state index >= 15 is 0 Å². The quantitative estimate of drug-likeness (QED) is 0.757. The van der Waals surface area contributed by atoms with Crippen LogP contribution in [0.5, 0.6) is 0 Å². The summed E-state index contributed by atoms with van der Waals surface area (Å²) in [6, 6.07) is 11.8. The van der Waals surface area contributed by atoms with Gasteiger partial charge in [0.05, 0.1) is 11.7 Å². The lowest BCUT2D eigenvalue weighted by Crippen LogP contribution is -2.24. The molecule has 0 radical (unpaired) electrons. The molecular weight excluding hydrogens is 326 g/mol. The molecule has 0 bridgehead atoms. The molecule has 1 N–H and O–H groups in total. The predicted molar refractivity (Wildman–Crippen MR) is 101 cm³/mol. The lowest BCUT2D eigenvalue weighted by molar-refractivity contribution is -0.120. The van der Waals surface area contributed by atoms with E-state index in [2.05, 4.69) is 21.5 Å². The van der Waals surface area contributed by atoms with Gasteiger partial charge in [0, 0.05) is 11.3 Å². The van der Waals surface area contributed by atoms with Crippen LogP contribution in [0.1, 0.15) is 37.8 Å². The Bertz CT molecular complexity index is 995. The Kier molecular flexibility index (Phi) is 4.99. The first kappa shape index (κ1) is 17.6.